The smallest absolute Gasteiger partial charge is 0.242 e. The predicted molar refractivity (Wildman–Crippen MR) is 126 cm³/mol. The molecule has 0 saturated carbocycles. The Morgan fingerprint density at radius 1 is 1.10 bits per heavy atom. The van der Waals surface area contributed by atoms with Gasteiger partial charge in [-0.3, -0.25) is 4.90 Å². The van der Waals surface area contributed by atoms with Crippen molar-refractivity contribution in [3.8, 4) is 5.75 Å². The van der Waals surface area contributed by atoms with Gasteiger partial charge < -0.3 is 10.0 Å². The lowest BCUT2D eigenvalue weighted by atomic mass is 9.99. The number of phenols is 1. The average Bonchev–Trinajstić information content (AvgIpc) is 2.71. The predicted octanol–water partition coefficient (Wildman–Crippen LogP) is 3.32. The molecule has 3 rings (SSSR count). The van der Waals surface area contributed by atoms with E-state index in [-0.39, 0.29) is 16.7 Å². The van der Waals surface area contributed by atoms with E-state index in [0.717, 1.165) is 36.4 Å². The maximum atomic E-state index is 12.3. The van der Waals surface area contributed by atoms with E-state index in [1.54, 1.807) is 18.2 Å². The van der Waals surface area contributed by atoms with Crippen LogP contribution in [0.1, 0.15) is 25.0 Å². The number of benzene rings is 2. The molecular weight excluding hydrogens is 410 g/mol. The molecule has 0 aliphatic carbocycles. The van der Waals surface area contributed by atoms with Crippen LogP contribution < -0.4 is 4.90 Å². The number of sulfonamides is 1. The maximum Gasteiger partial charge on any atom is 0.242 e. The lowest BCUT2D eigenvalue weighted by molar-refractivity contribution is 0.183. The molecule has 7 heteroatoms. The number of rotatable bonds is 7. The van der Waals surface area contributed by atoms with Crippen LogP contribution in [0.4, 0.5) is 5.69 Å². The Labute approximate surface area is 186 Å². The number of anilines is 1. The van der Waals surface area contributed by atoms with Crippen molar-refractivity contribution >= 4 is 15.7 Å². The lowest BCUT2D eigenvalue weighted by Crippen LogP contribution is -2.56. The Balaban J connectivity index is 1.88. The minimum atomic E-state index is -3.45. The fourth-order valence-electron chi connectivity index (χ4n) is 4.19. The molecule has 0 radical (unpaired) electrons. The van der Waals surface area contributed by atoms with Gasteiger partial charge in [-0.1, -0.05) is 30.3 Å². The minimum Gasteiger partial charge on any atom is -0.506 e. The standard InChI is InChI=1S/C24H33N3O3S/c1-6-14-26-16-19(3)27(17-18(26)2)24-21(8-7-9-23(24)28)15-20-10-12-22(13-11-20)31(29,30)25(4)5/h6-13,18-19,28H,1,14-17H2,2-5H3. The molecule has 6 nitrogen and oxygen atoms in total. The van der Waals surface area contributed by atoms with Crippen LogP contribution in [0, 0.1) is 0 Å². The van der Waals surface area contributed by atoms with Crippen molar-refractivity contribution in [3.63, 3.8) is 0 Å². The molecule has 168 valence electrons. The van der Waals surface area contributed by atoms with Gasteiger partial charge in [-0.15, -0.1) is 6.58 Å². The summed E-state index contributed by atoms with van der Waals surface area (Å²) in [5.74, 6) is 0.278. The Bertz CT molecular complexity index is 1020. The molecule has 0 aromatic heterocycles. The zero-order chi connectivity index (χ0) is 22.8. The minimum absolute atomic E-state index is 0.246. The van der Waals surface area contributed by atoms with Crippen molar-refractivity contribution in [1.82, 2.24) is 9.21 Å². The van der Waals surface area contributed by atoms with Crippen molar-refractivity contribution in [2.45, 2.75) is 37.2 Å². The third-order valence-electron chi connectivity index (χ3n) is 5.96. The van der Waals surface area contributed by atoms with Gasteiger partial charge in [0.15, 0.2) is 0 Å². The van der Waals surface area contributed by atoms with Gasteiger partial charge in [0.1, 0.15) is 5.75 Å². The Morgan fingerprint density at radius 3 is 2.39 bits per heavy atom. The number of para-hydroxylation sites is 1. The molecule has 2 aromatic carbocycles. The number of piperazine rings is 1. The second-order valence-electron chi connectivity index (χ2n) is 8.49. The highest BCUT2D eigenvalue weighted by molar-refractivity contribution is 7.89. The summed E-state index contributed by atoms with van der Waals surface area (Å²) in [6.45, 7) is 10.8. The van der Waals surface area contributed by atoms with Gasteiger partial charge in [-0.25, -0.2) is 12.7 Å². The molecule has 1 N–H and O–H groups in total. The highest BCUT2D eigenvalue weighted by Gasteiger charge is 2.31. The Hall–Kier alpha value is -2.35. The third-order valence-corrected chi connectivity index (χ3v) is 7.79. The molecule has 1 heterocycles. The van der Waals surface area contributed by atoms with Crippen molar-refractivity contribution in [1.29, 1.82) is 0 Å². The normalized spacial score (nSPS) is 20.2. The summed E-state index contributed by atoms with van der Waals surface area (Å²) in [5.41, 5.74) is 2.89. The van der Waals surface area contributed by atoms with Crippen LogP contribution in [-0.4, -0.2) is 68.5 Å². The summed E-state index contributed by atoms with van der Waals surface area (Å²) in [5, 5.41) is 10.8. The van der Waals surface area contributed by atoms with Crippen molar-refractivity contribution in [2.24, 2.45) is 0 Å². The number of hydrogen-bond donors (Lipinski definition) is 1. The van der Waals surface area contributed by atoms with Crippen molar-refractivity contribution in [3.05, 3.63) is 66.2 Å². The monoisotopic (exact) mass is 443 g/mol. The first kappa shape index (κ1) is 23.3. The van der Waals surface area contributed by atoms with E-state index in [0.29, 0.717) is 12.5 Å². The molecule has 1 fully saturated rings. The summed E-state index contributed by atoms with van der Waals surface area (Å²) in [4.78, 5) is 4.97. The first-order valence-corrected chi connectivity index (χ1v) is 12.0. The van der Waals surface area contributed by atoms with Crippen LogP contribution in [-0.2, 0) is 16.4 Å². The van der Waals surface area contributed by atoms with E-state index in [1.165, 1.54) is 18.4 Å². The first-order valence-electron chi connectivity index (χ1n) is 10.6. The molecule has 0 amide bonds. The zero-order valence-electron chi connectivity index (χ0n) is 18.8. The SMILES string of the molecule is C=CCN1CC(C)N(c2c(O)cccc2Cc2ccc(S(=O)(=O)N(C)C)cc2)CC1C. The van der Waals surface area contributed by atoms with Crippen LogP contribution in [0.15, 0.2) is 60.0 Å². The highest BCUT2D eigenvalue weighted by atomic mass is 32.2. The molecular formula is C24H33N3O3S. The van der Waals surface area contributed by atoms with Crippen LogP contribution in [0.25, 0.3) is 0 Å². The van der Waals surface area contributed by atoms with E-state index >= 15 is 0 Å². The third kappa shape index (κ3) is 4.95. The molecule has 2 atom stereocenters. The topological polar surface area (TPSA) is 64.1 Å². The quantitative estimate of drug-likeness (QED) is 0.665. The zero-order valence-corrected chi connectivity index (χ0v) is 19.6. The molecule has 0 bridgehead atoms. The number of aromatic hydroxyl groups is 1. The van der Waals surface area contributed by atoms with Crippen molar-refractivity contribution < 1.29 is 13.5 Å². The van der Waals surface area contributed by atoms with E-state index in [1.807, 2.05) is 30.3 Å². The fourth-order valence-corrected chi connectivity index (χ4v) is 5.09. The second-order valence-corrected chi connectivity index (χ2v) is 10.6. The second kappa shape index (κ2) is 9.42. The molecule has 0 spiro atoms. The van der Waals surface area contributed by atoms with Crippen LogP contribution >= 0.6 is 0 Å². The summed E-state index contributed by atoms with van der Waals surface area (Å²) in [6, 6.07) is 13.2. The van der Waals surface area contributed by atoms with E-state index < -0.39 is 10.0 Å². The van der Waals surface area contributed by atoms with E-state index in [4.69, 9.17) is 0 Å². The van der Waals surface area contributed by atoms with E-state index in [9.17, 15) is 13.5 Å². The number of phenolic OH excluding ortho intramolecular Hbond substituents is 1. The molecule has 1 saturated heterocycles. The summed E-state index contributed by atoms with van der Waals surface area (Å²) >= 11 is 0. The molecule has 31 heavy (non-hydrogen) atoms. The largest absolute Gasteiger partial charge is 0.506 e. The number of nitrogens with zero attached hydrogens (tertiary/aromatic N) is 3. The number of hydrogen-bond acceptors (Lipinski definition) is 5. The first-order chi connectivity index (χ1) is 14.6. The van der Waals surface area contributed by atoms with Crippen LogP contribution in [0.5, 0.6) is 5.75 Å². The molecule has 2 aromatic rings. The summed E-state index contributed by atoms with van der Waals surface area (Å²) in [6.07, 6.45) is 2.55. The molecule has 2 unspecified atom stereocenters. The van der Waals surface area contributed by atoms with Crippen LogP contribution in [0.2, 0.25) is 0 Å². The summed E-state index contributed by atoms with van der Waals surface area (Å²) in [7, 11) is -0.395. The summed E-state index contributed by atoms with van der Waals surface area (Å²) < 4.78 is 25.9. The Kier molecular flexibility index (Phi) is 7.09. The van der Waals surface area contributed by atoms with Gasteiger partial charge in [-0.2, -0.15) is 0 Å². The molecule has 1 aliphatic heterocycles. The fraction of sp³-hybridized carbons (Fsp3) is 0.417. The average molecular weight is 444 g/mol. The van der Waals surface area contributed by atoms with Gasteiger partial charge >= 0.3 is 0 Å². The van der Waals surface area contributed by atoms with Gasteiger partial charge in [0.05, 0.1) is 10.6 Å². The van der Waals surface area contributed by atoms with Crippen molar-refractivity contribution in [2.75, 3.05) is 38.6 Å². The molecule has 1 aliphatic rings. The lowest BCUT2D eigenvalue weighted by Gasteiger charge is -2.45. The van der Waals surface area contributed by atoms with Gasteiger partial charge in [-0.05, 0) is 49.6 Å². The van der Waals surface area contributed by atoms with Gasteiger partial charge in [0.2, 0.25) is 10.0 Å². The highest BCUT2D eigenvalue weighted by Crippen LogP contribution is 2.36. The van der Waals surface area contributed by atoms with Crippen LogP contribution in [0.3, 0.4) is 0 Å². The Morgan fingerprint density at radius 2 is 1.77 bits per heavy atom. The van der Waals surface area contributed by atoms with Gasteiger partial charge in [0.25, 0.3) is 0 Å². The maximum absolute atomic E-state index is 12.3. The van der Waals surface area contributed by atoms with E-state index in [2.05, 4.69) is 30.2 Å². The van der Waals surface area contributed by atoms with Gasteiger partial charge in [0, 0.05) is 45.8 Å².